The van der Waals surface area contributed by atoms with Crippen LogP contribution in [0.5, 0.6) is 0 Å². The van der Waals surface area contributed by atoms with Crippen LogP contribution in [0, 0.1) is 5.92 Å². The molecule has 1 aliphatic heterocycles. The molecule has 1 aromatic rings. The van der Waals surface area contributed by atoms with Gasteiger partial charge in [0, 0.05) is 23.3 Å². The van der Waals surface area contributed by atoms with Crippen molar-refractivity contribution in [2.75, 3.05) is 19.8 Å². The number of thioether (sulfide) groups is 1. The maximum atomic E-state index is 5.54. The average molecular weight is 279 g/mol. The third kappa shape index (κ3) is 5.55. The Balaban J connectivity index is 1.83. The first-order chi connectivity index (χ1) is 9.24. The Bertz CT molecular complexity index is 375. The number of hydrogen-bond donors (Lipinski definition) is 1. The van der Waals surface area contributed by atoms with Crippen LogP contribution in [0.4, 0.5) is 0 Å². The number of benzene rings is 1. The van der Waals surface area contributed by atoms with Crippen LogP contribution in [0.15, 0.2) is 29.2 Å². The Morgan fingerprint density at radius 1 is 1.42 bits per heavy atom. The third-order valence-corrected chi connectivity index (χ3v) is 4.43. The van der Waals surface area contributed by atoms with E-state index in [1.807, 2.05) is 11.8 Å². The number of rotatable bonds is 6. The van der Waals surface area contributed by atoms with Crippen molar-refractivity contribution in [2.45, 2.75) is 43.4 Å². The van der Waals surface area contributed by atoms with Crippen LogP contribution in [-0.4, -0.2) is 25.0 Å². The lowest BCUT2D eigenvalue weighted by Gasteiger charge is -2.21. The number of ether oxygens (including phenoxy) is 1. The monoisotopic (exact) mass is 279 g/mol. The minimum Gasteiger partial charge on any atom is -0.380 e. The van der Waals surface area contributed by atoms with E-state index >= 15 is 0 Å². The highest BCUT2D eigenvalue weighted by Gasteiger charge is 2.15. The molecule has 0 bridgehead atoms. The molecule has 19 heavy (non-hydrogen) atoms. The molecule has 2 nitrogen and oxygen atoms in total. The van der Waals surface area contributed by atoms with Gasteiger partial charge >= 0.3 is 0 Å². The van der Waals surface area contributed by atoms with Gasteiger partial charge in [-0.1, -0.05) is 26.0 Å². The van der Waals surface area contributed by atoms with Crippen LogP contribution in [0.3, 0.4) is 0 Å². The lowest BCUT2D eigenvalue weighted by atomic mass is 10.2. The van der Waals surface area contributed by atoms with Crippen molar-refractivity contribution in [3.8, 4) is 0 Å². The van der Waals surface area contributed by atoms with Gasteiger partial charge in [0.1, 0.15) is 0 Å². The molecule has 106 valence electrons. The highest BCUT2D eigenvalue weighted by molar-refractivity contribution is 8.00. The maximum absolute atomic E-state index is 5.54. The molecular formula is C16H25NOS. The SMILES string of the molecule is CC(C)CNCc1cccc(SC2CCCOC2)c1. The van der Waals surface area contributed by atoms with Crippen molar-refractivity contribution in [3.63, 3.8) is 0 Å². The Morgan fingerprint density at radius 2 is 2.32 bits per heavy atom. The predicted octanol–water partition coefficient (Wildman–Crippen LogP) is 3.70. The summed E-state index contributed by atoms with van der Waals surface area (Å²) < 4.78 is 5.54. The van der Waals surface area contributed by atoms with Gasteiger partial charge in [0.05, 0.1) is 6.61 Å². The van der Waals surface area contributed by atoms with E-state index in [1.54, 1.807) is 0 Å². The highest BCUT2D eigenvalue weighted by Crippen LogP contribution is 2.29. The largest absolute Gasteiger partial charge is 0.380 e. The van der Waals surface area contributed by atoms with E-state index in [9.17, 15) is 0 Å². The topological polar surface area (TPSA) is 21.3 Å². The molecule has 0 aromatic heterocycles. The van der Waals surface area contributed by atoms with E-state index in [-0.39, 0.29) is 0 Å². The summed E-state index contributed by atoms with van der Waals surface area (Å²) in [6.45, 7) is 8.36. The van der Waals surface area contributed by atoms with Crippen LogP contribution in [0.2, 0.25) is 0 Å². The molecule has 1 unspecified atom stereocenters. The zero-order valence-electron chi connectivity index (χ0n) is 12.0. The van der Waals surface area contributed by atoms with Gasteiger partial charge in [-0.3, -0.25) is 0 Å². The Morgan fingerprint density at radius 3 is 3.05 bits per heavy atom. The summed E-state index contributed by atoms with van der Waals surface area (Å²) >= 11 is 1.97. The molecule has 0 amide bonds. The molecule has 1 aromatic carbocycles. The Kier molecular flexibility index (Phi) is 6.21. The van der Waals surface area contributed by atoms with Gasteiger partial charge in [0.2, 0.25) is 0 Å². The molecule has 1 aliphatic rings. The van der Waals surface area contributed by atoms with Gasteiger partial charge < -0.3 is 10.1 Å². The average Bonchev–Trinajstić information content (AvgIpc) is 2.40. The molecule has 1 N–H and O–H groups in total. The molecule has 0 radical (unpaired) electrons. The van der Waals surface area contributed by atoms with Crippen molar-refractivity contribution in [2.24, 2.45) is 5.92 Å². The number of nitrogens with one attached hydrogen (secondary N) is 1. The minimum atomic E-state index is 0.632. The fourth-order valence-electron chi connectivity index (χ4n) is 2.23. The van der Waals surface area contributed by atoms with E-state index in [0.717, 1.165) is 26.3 Å². The van der Waals surface area contributed by atoms with Crippen LogP contribution in [-0.2, 0) is 11.3 Å². The predicted molar refractivity (Wildman–Crippen MR) is 82.7 cm³/mol. The molecular weight excluding hydrogens is 254 g/mol. The van der Waals surface area contributed by atoms with Crippen LogP contribution in [0.1, 0.15) is 32.3 Å². The van der Waals surface area contributed by atoms with Crippen LogP contribution in [0.25, 0.3) is 0 Å². The summed E-state index contributed by atoms with van der Waals surface area (Å²) in [6.07, 6.45) is 2.48. The molecule has 3 heteroatoms. The van der Waals surface area contributed by atoms with Gasteiger partial charge in [-0.05, 0) is 43.0 Å². The van der Waals surface area contributed by atoms with E-state index in [2.05, 4.69) is 43.4 Å². The first-order valence-electron chi connectivity index (χ1n) is 7.28. The van der Waals surface area contributed by atoms with Crippen molar-refractivity contribution >= 4 is 11.8 Å². The fourth-order valence-corrected chi connectivity index (χ4v) is 3.44. The van der Waals surface area contributed by atoms with Crippen molar-refractivity contribution in [3.05, 3.63) is 29.8 Å². The summed E-state index contributed by atoms with van der Waals surface area (Å²) in [5, 5.41) is 4.13. The molecule has 1 saturated heterocycles. The zero-order valence-corrected chi connectivity index (χ0v) is 12.8. The van der Waals surface area contributed by atoms with Crippen molar-refractivity contribution in [1.29, 1.82) is 0 Å². The Hall–Kier alpha value is -0.510. The normalized spacial score (nSPS) is 19.8. The van der Waals surface area contributed by atoms with E-state index < -0.39 is 0 Å². The second-order valence-electron chi connectivity index (χ2n) is 5.63. The quantitative estimate of drug-likeness (QED) is 0.858. The zero-order chi connectivity index (χ0) is 13.5. The van der Waals surface area contributed by atoms with Gasteiger partial charge in [0.25, 0.3) is 0 Å². The van der Waals surface area contributed by atoms with Gasteiger partial charge in [-0.25, -0.2) is 0 Å². The highest BCUT2D eigenvalue weighted by atomic mass is 32.2. The van der Waals surface area contributed by atoms with Gasteiger partial charge in [-0.2, -0.15) is 0 Å². The smallest absolute Gasteiger partial charge is 0.0588 e. The first kappa shape index (κ1) is 14.9. The van der Waals surface area contributed by atoms with Gasteiger partial charge in [0.15, 0.2) is 0 Å². The Labute approximate surface area is 121 Å². The van der Waals surface area contributed by atoms with E-state index in [4.69, 9.17) is 4.74 Å². The summed E-state index contributed by atoms with van der Waals surface area (Å²) in [6, 6.07) is 8.89. The summed E-state index contributed by atoms with van der Waals surface area (Å²) in [5.74, 6) is 0.706. The van der Waals surface area contributed by atoms with Crippen LogP contribution >= 0.6 is 11.8 Å². The molecule has 1 fully saturated rings. The standard InChI is InChI=1S/C16H25NOS/c1-13(2)10-17-11-14-5-3-6-15(9-14)19-16-7-4-8-18-12-16/h3,5-6,9,13,16-17H,4,7-8,10-12H2,1-2H3. The summed E-state index contributed by atoms with van der Waals surface area (Å²) in [5.41, 5.74) is 1.38. The molecule has 1 atom stereocenters. The second-order valence-corrected chi connectivity index (χ2v) is 7.00. The fraction of sp³-hybridized carbons (Fsp3) is 0.625. The molecule has 0 aliphatic carbocycles. The van der Waals surface area contributed by atoms with Crippen molar-refractivity contribution in [1.82, 2.24) is 5.32 Å². The maximum Gasteiger partial charge on any atom is 0.0588 e. The minimum absolute atomic E-state index is 0.632. The van der Waals surface area contributed by atoms with E-state index in [1.165, 1.54) is 23.3 Å². The lowest BCUT2D eigenvalue weighted by molar-refractivity contribution is 0.101. The van der Waals surface area contributed by atoms with Crippen LogP contribution < -0.4 is 5.32 Å². The molecule has 0 saturated carbocycles. The second kappa shape index (κ2) is 7.93. The number of hydrogen-bond acceptors (Lipinski definition) is 3. The summed E-state index contributed by atoms with van der Waals surface area (Å²) in [4.78, 5) is 1.37. The van der Waals surface area contributed by atoms with Gasteiger partial charge in [-0.15, -0.1) is 11.8 Å². The van der Waals surface area contributed by atoms with Crippen molar-refractivity contribution < 1.29 is 4.74 Å². The third-order valence-electron chi connectivity index (χ3n) is 3.20. The molecule has 1 heterocycles. The lowest BCUT2D eigenvalue weighted by Crippen LogP contribution is -2.19. The summed E-state index contributed by atoms with van der Waals surface area (Å²) in [7, 11) is 0. The van der Waals surface area contributed by atoms with E-state index in [0.29, 0.717) is 11.2 Å². The molecule has 0 spiro atoms. The molecule has 2 rings (SSSR count). The first-order valence-corrected chi connectivity index (χ1v) is 8.16.